The summed E-state index contributed by atoms with van der Waals surface area (Å²) in [5.74, 6) is -0.111. The molecule has 0 saturated carbocycles. The van der Waals surface area contributed by atoms with Crippen molar-refractivity contribution in [3.63, 3.8) is 0 Å². The van der Waals surface area contributed by atoms with Gasteiger partial charge in [-0.1, -0.05) is 11.3 Å². The average Bonchev–Trinajstić information content (AvgIpc) is 2.81. The molecular formula is C10H10N4O3S. The van der Waals surface area contributed by atoms with Crippen LogP contribution in [-0.4, -0.2) is 28.0 Å². The second-order valence-corrected chi connectivity index (χ2v) is 4.15. The van der Waals surface area contributed by atoms with Gasteiger partial charge in [-0.3, -0.25) is 9.78 Å². The Morgan fingerprint density at radius 1 is 1.56 bits per heavy atom. The maximum absolute atomic E-state index is 11.2. The molecule has 0 aliphatic carbocycles. The van der Waals surface area contributed by atoms with E-state index in [0.29, 0.717) is 12.4 Å². The minimum atomic E-state index is -0.546. The number of carbonyl (C=O) groups excluding carboxylic acids is 1. The van der Waals surface area contributed by atoms with Crippen LogP contribution < -0.4 is 10.2 Å². The number of rotatable bonds is 4. The van der Waals surface area contributed by atoms with Crippen molar-refractivity contribution >= 4 is 23.1 Å². The van der Waals surface area contributed by atoms with Crippen LogP contribution in [-0.2, 0) is 11.3 Å². The largest absolute Gasteiger partial charge is 0.464 e. The number of aromatic amines is 1. The molecule has 2 heterocycles. The Morgan fingerprint density at radius 3 is 3.06 bits per heavy atom. The lowest BCUT2D eigenvalue weighted by Crippen LogP contribution is -2.09. The van der Waals surface area contributed by atoms with E-state index in [0.717, 1.165) is 17.0 Å². The molecule has 0 radical (unpaired) electrons. The van der Waals surface area contributed by atoms with Crippen molar-refractivity contribution in [3.05, 3.63) is 38.8 Å². The van der Waals surface area contributed by atoms with Gasteiger partial charge in [-0.25, -0.2) is 9.78 Å². The van der Waals surface area contributed by atoms with Crippen molar-refractivity contribution < 1.29 is 9.53 Å². The number of anilines is 1. The first-order valence-electron chi connectivity index (χ1n) is 5.00. The molecule has 2 aromatic heterocycles. The zero-order chi connectivity index (χ0) is 13.0. The molecule has 0 aliphatic rings. The molecule has 0 aliphatic heterocycles. The highest BCUT2D eigenvalue weighted by atomic mass is 32.1. The van der Waals surface area contributed by atoms with E-state index in [-0.39, 0.29) is 10.6 Å². The molecule has 8 heteroatoms. The predicted molar refractivity (Wildman–Crippen MR) is 65.6 cm³/mol. The molecule has 0 aromatic carbocycles. The Kier molecular flexibility index (Phi) is 3.68. The van der Waals surface area contributed by atoms with Gasteiger partial charge in [0, 0.05) is 11.1 Å². The number of carbonyl (C=O) groups is 1. The molecule has 0 spiro atoms. The van der Waals surface area contributed by atoms with Crippen LogP contribution in [0.25, 0.3) is 0 Å². The molecule has 7 nitrogen and oxygen atoms in total. The number of nitrogens with zero attached hydrogens (tertiary/aromatic N) is 2. The summed E-state index contributed by atoms with van der Waals surface area (Å²) in [5, 5.41) is 4.66. The Bertz CT molecular complexity index is 607. The third-order valence-corrected chi connectivity index (χ3v) is 2.78. The van der Waals surface area contributed by atoms with Gasteiger partial charge in [0.05, 0.1) is 26.0 Å². The predicted octanol–water partition coefficient (Wildman–Crippen LogP) is 0.625. The summed E-state index contributed by atoms with van der Waals surface area (Å²) in [6.45, 7) is 0.401. The highest BCUT2D eigenvalue weighted by Gasteiger charge is 2.08. The van der Waals surface area contributed by atoms with E-state index in [1.54, 1.807) is 5.38 Å². The molecule has 0 amide bonds. The van der Waals surface area contributed by atoms with Crippen molar-refractivity contribution in [3.8, 4) is 0 Å². The fourth-order valence-corrected chi connectivity index (χ4v) is 1.82. The van der Waals surface area contributed by atoms with Gasteiger partial charge in [-0.05, 0) is 0 Å². The highest BCUT2D eigenvalue weighted by molar-refractivity contribution is 7.07. The van der Waals surface area contributed by atoms with Gasteiger partial charge in [0.1, 0.15) is 5.82 Å². The first-order valence-corrected chi connectivity index (χ1v) is 5.88. The van der Waals surface area contributed by atoms with E-state index < -0.39 is 5.97 Å². The number of thiazole rings is 1. The smallest absolute Gasteiger partial charge is 0.358 e. The van der Waals surface area contributed by atoms with Crippen molar-refractivity contribution in [1.82, 2.24) is 15.0 Å². The minimum absolute atomic E-state index is 0.110. The molecule has 0 fully saturated rings. The van der Waals surface area contributed by atoms with Gasteiger partial charge in [0.2, 0.25) is 0 Å². The summed E-state index contributed by atoms with van der Waals surface area (Å²) in [7, 11) is 1.28. The number of hydrogen-bond donors (Lipinski definition) is 2. The van der Waals surface area contributed by atoms with Crippen LogP contribution in [0.1, 0.15) is 16.2 Å². The van der Waals surface area contributed by atoms with Crippen LogP contribution >= 0.6 is 11.3 Å². The Hall–Kier alpha value is -2.22. The van der Waals surface area contributed by atoms with Gasteiger partial charge in [-0.2, -0.15) is 0 Å². The number of nitrogens with one attached hydrogen (secondary N) is 2. The first-order chi connectivity index (χ1) is 8.69. The van der Waals surface area contributed by atoms with E-state index in [4.69, 9.17) is 0 Å². The SMILES string of the molecule is COC(=O)c1cncc(NCc2csc(=O)[nH]2)n1. The zero-order valence-electron chi connectivity index (χ0n) is 9.47. The molecular weight excluding hydrogens is 256 g/mol. The van der Waals surface area contributed by atoms with Crippen LogP contribution in [0.4, 0.5) is 5.82 Å². The number of H-pyrrole nitrogens is 1. The highest BCUT2D eigenvalue weighted by Crippen LogP contribution is 2.05. The second-order valence-electron chi connectivity index (χ2n) is 3.31. The lowest BCUT2D eigenvalue weighted by Gasteiger charge is -2.04. The van der Waals surface area contributed by atoms with Crippen LogP contribution in [0.15, 0.2) is 22.6 Å². The van der Waals surface area contributed by atoms with Gasteiger partial charge in [-0.15, -0.1) is 0 Å². The van der Waals surface area contributed by atoms with Crippen LogP contribution in [0, 0.1) is 0 Å². The normalized spacial score (nSPS) is 10.1. The topological polar surface area (TPSA) is 97.0 Å². The number of hydrogen-bond acceptors (Lipinski definition) is 7. The fourth-order valence-electron chi connectivity index (χ4n) is 1.24. The summed E-state index contributed by atoms with van der Waals surface area (Å²) in [6, 6.07) is 0. The van der Waals surface area contributed by atoms with E-state index in [9.17, 15) is 9.59 Å². The Balaban J connectivity index is 2.05. The van der Waals surface area contributed by atoms with E-state index in [1.807, 2.05) is 0 Å². The fraction of sp³-hybridized carbons (Fsp3) is 0.200. The lowest BCUT2D eigenvalue weighted by atomic mass is 10.4. The Morgan fingerprint density at radius 2 is 2.39 bits per heavy atom. The van der Waals surface area contributed by atoms with Crippen molar-refractivity contribution in [2.24, 2.45) is 0 Å². The minimum Gasteiger partial charge on any atom is -0.464 e. The van der Waals surface area contributed by atoms with Crippen molar-refractivity contribution in [2.45, 2.75) is 6.54 Å². The Labute approximate surface area is 106 Å². The van der Waals surface area contributed by atoms with Crippen LogP contribution in [0.3, 0.4) is 0 Å². The van der Waals surface area contributed by atoms with Crippen molar-refractivity contribution in [1.29, 1.82) is 0 Å². The van der Waals surface area contributed by atoms with Gasteiger partial charge >= 0.3 is 10.8 Å². The standard InChI is InChI=1S/C10H10N4O3S/c1-17-9(15)7-3-11-4-8(14-7)12-2-6-5-18-10(16)13-6/h3-5H,2H2,1H3,(H,12,14)(H,13,16). The first kappa shape index (κ1) is 12.2. The molecule has 2 N–H and O–H groups in total. The summed E-state index contributed by atoms with van der Waals surface area (Å²) in [5.41, 5.74) is 0.872. The molecule has 94 valence electrons. The molecule has 0 saturated heterocycles. The molecule has 18 heavy (non-hydrogen) atoms. The third kappa shape index (κ3) is 2.92. The van der Waals surface area contributed by atoms with Crippen LogP contribution in [0.5, 0.6) is 0 Å². The second kappa shape index (κ2) is 5.41. The van der Waals surface area contributed by atoms with Crippen molar-refractivity contribution in [2.75, 3.05) is 12.4 Å². The van der Waals surface area contributed by atoms with E-state index in [1.165, 1.54) is 19.5 Å². The number of ether oxygens (including phenoxy) is 1. The summed E-state index contributed by atoms with van der Waals surface area (Å²) >= 11 is 1.09. The molecule has 0 atom stereocenters. The molecule has 2 rings (SSSR count). The number of esters is 1. The molecule has 0 unspecified atom stereocenters. The molecule has 2 aromatic rings. The number of aromatic nitrogens is 3. The maximum Gasteiger partial charge on any atom is 0.358 e. The summed E-state index contributed by atoms with van der Waals surface area (Å²) in [6.07, 6.45) is 2.81. The quantitative estimate of drug-likeness (QED) is 0.788. The van der Waals surface area contributed by atoms with Crippen LogP contribution in [0.2, 0.25) is 0 Å². The summed E-state index contributed by atoms with van der Waals surface area (Å²) < 4.78 is 4.54. The maximum atomic E-state index is 11.2. The summed E-state index contributed by atoms with van der Waals surface area (Å²) in [4.78, 5) is 32.6. The van der Waals surface area contributed by atoms with E-state index in [2.05, 4.69) is 25.0 Å². The van der Waals surface area contributed by atoms with Gasteiger partial charge in [0.15, 0.2) is 5.69 Å². The average molecular weight is 266 g/mol. The third-order valence-electron chi connectivity index (χ3n) is 2.06. The van der Waals surface area contributed by atoms with Gasteiger partial charge < -0.3 is 15.0 Å². The lowest BCUT2D eigenvalue weighted by molar-refractivity contribution is 0.0593. The van der Waals surface area contributed by atoms with E-state index >= 15 is 0 Å². The molecule has 0 bridgehead atoms. The number of methoxy groups -OCH3 is 1. The zero-order valence-corrected chi connectivity index (χ0v) is 10.3. The van der Waals surface area contributed by atoms with Gasteiger partial charge in [0.25, 0.3) is 0 Å². The monoisotopic (exact) mass is 266 g/mol.